The molecule has 0 N–H and O–H groups in total. The quantitative estimate of drug-likeness (QED) is 0.258. The van der Waals surface area contributed by atoms with Gasteiger partial charge in [0, 0.05) is 28.7 Å². The van der Waals surface area contributed by atoms with E-state index in [0.717, 1.165) is 4.57 Å². The molecule has 3 aromatic heterocycles. The number of alkyl halides is 3. The second-order valence-electron chi connectivity index (χ2n) is 7.77. The molecule has 0 aliphatic heterocycles. The van der Waals surface area contributed by atoms with Crippen molar-refractivity contribution in [2.24, 2.45) is 0 Å². The van der Waals surface area contributed by atoms with Crippen LogP contribution in [0.1, 0.15) is 27.5 Å². The first-order valence-corrected chi connectivity index (χ1v) is 11.0. The van der Waals surface area contributed by atoms with Crippen LogP contribution in [0.15, 0.2) is 71.3 Å². The van der Waals surface area contributed by atoms with E-state index < -0.39 is 29.1 Å². The number of hydrogen-bond donors (Lipinski definition) is 0. The minimum absolute atomic E-state index is 0.0400. The molecule has 182 valence electrons. The molecule has 0 radical (unpaired) electrons. The van der Waals surface area contributed by atoms with Crippen LogP contribution < -0.4 is 4.74 Å². The molecule has 0 unspecified atom stereocenters. The van der Waals surface area contributed by atoms with Crippen molar-refractivity contribution in [1.82, 2.24) is 19.7 Å². The Labute approximate surface area is 207 Å². The summed E-state index contributed by atoms with van der Waals surface area (Å²) in [6.07, 6.45) is -3.40. The third kappa shape index (κ3) is 4.31. The Morgan fingerprint density at radius 1 is 1.08 bits per heavy atom. The van der Waals surface area contributed by atoms with Crippen molar-refractivity contribution in [3.63, 3.8) is 0 Å². The van der Waals surface area contributed by atoms with Gasteiger partial charge in [-0.2, -0.15) is 13.2 Å². The van der Waals surface area contributed by atoms with Crippen LogP contribution in [-0.4, -0.2) is 32.6 Å². The smallest absolute Gasteiger partial charge is 0.432 e. The lowest BCUT2D eigenvalue weighted by atomic mass is 10.1. The summed E-state index contributed by atoms with van der Waals surface area (Å²) in [5, 5.41) is 8.00. The fraction of sp³-hybridized carbons (Fsp3) is 0.120. The molecular weight excluding hydrogens is 497 g/mol. The van der Waals surface area contributed by atoms with E-state index >= 15 is 0 Å². The van der Waals surface area contributed by atoms with Gasteiger partial charge in [-0.05, 0) is 48.0 Å². The van der Waals surface area contributed by atoms with Crippen LogP contribution in [-0.2, 0) is 12.7 Å². The molecule has 0 aliphatic rings. The van der Waals surface area contributed by atoms with E-state index in [1.54, 1.807) is 42.5 Å². The third-order valence-electron chi connectivity index (χ3n) is 5.52. The number of aromatic nitrogens is 4. The van der Waals surface area contributed by atoms with Crippen LogP contribution in [0.4, 0.5) is 13.2 Å². The van der Waals surface area contributed by atoms with Crippen molar-refractivity contribution in [2.75, 3.05) is 7.11 Å². The van der Waals surface area contributed by atoms with Crippen LogP contribution in [0, 0.1) is 0 Å². The molecule has 0 spiro atoms. The summed E-state index contributed by atoms with van der Waals surface area (Å²) < 4.78 is 55.3. The first-order chi connectivity index (χ1) is 17.3. The fourth-order valence-electron chi connectivity index (χ4n) is 3.94. The van der Waals surface area contributed by atoms with Gasteiger partial charge in [0.25, 0.3) is 17.6 Å². The van der Waals surface area contributed by atoms with E-state index in [9.17, 15) is 18.0 Å². The van der Waals surface area contributed by atoms with Crippen molar-refractivity contribution in [3.8, 4) is 17.3 Å². The summed E-state index contributed by atoms with van der Waals surface area (Å²) >= 11 is 5.93. The van der Waals surface area contributed by atoms with E-state index in [1.807, 2.05) is 0 Å². The van der Waals surface area contributed by atoms with Crippen LogP contribution >= 0.6 is 11.6 Å². The Bertz CT molecular complexity index is 1560. The number of carbonyl (C=O) groups excluding carboxylic acids is 1. The molecule has 0 aliphatic carbocycles. The molecule has 5 rings (SSSR count). The van der Waals surface area contributed by atoms with Gasteiger partial charge in [-0.25, -0.2) is 0 Å². The molecule has 0 saturated heterocycles. The molecule has 0 fully saturated rings. The molecule has 11 heteroatoms. The average Bonchev–Trinajstić information content (AvgIpc) is 3.49. The maximum absolute atomic E-state index is 14.5. The second-order valence-corrected chi connectivity index (χ2v) is 8.21. The first-order valence-electron chi connectivity index (χ1n) is 10.6. The number of halogens is 4. The minimum atomic E-state index is -4.88. The largest absolute Gasteiger partial charge is 0.497 e. The van der Waals surface area contributed by atoms with Gasteiger partial charge in [-0.1, -0.05) is 29.8 Å². The number of methoxy groups -OCH3 is 1. The average molecular weight is 513 g/mol. The SMILES string of the molecule is COc1ccc2c(c1)c(C(=O)c1nnc(-c3ccccn3)o1)c(C(F)(F)F)n2Cc1ccc(Cl)cc1. The number of benzene rings is 2. The number of carbonyl (C=O) groups is 1. The van der Waals surface area contributed by atoms with Gasteiger partial charge < -0.3 is 13.7 Å². The number of hydrogen-bond acceptors (Lipinski definition) is 6. The molecule has 3 heterocycles. The fourth-order valence-corrected chi connectivity index (χ4v) is 4.06. The van der Waals surface area contributed by atoms with E-state index in [4.69, 9.17) is 20.8 Å². The molecule has 36 heavy (non-hydrogen) atoms. The Hall–Kier alpha value is -4.18. The number of rotatable bonds is 6. The van der Waals surface area contributed by atoms with Crippen molar-refractivity contribution >= 4 is 28.3 Å². The lowest BCUT2D eigenvalue weighted by Gasteiger charge is -2.14. The Morgan fingerprint density at radius 2 is 1.86 bits per heavy atom. The maximum Gasteiger partial charge on any atom is 0.432 e. The lowest BCUT2D eigenvalue weighted by Crippen LogP contribution is -2.19. The summed E-state index contributed by atoms with van der Waals surface area (Å²) in [4.78, 5) is 17.6. The highest BCUT2D eigenvalue weighted by atomic mass is 35.5. The van der Waals surface area contributed by atoms with Crippen LogP contribution in [0.3, 0.4) is 0 Å². The molecule has 0 saturated carbocycles. The molecule has 0 atom stereocenters. The molecule has 5 aromatic rings. The van der Waals surface area contributed by atoms with E-state index in [0.29, 0.717) is 10.6 Å². The first kappa shape index (κ1) is 23.6. The highest BCUT2D eigenvalue weighted by Gasteiger charge is 2.42. The Morgan fingerprint density at radius 3 is 2.53 bits per heavy atom. The number of fused-ring (bicyclic) bond motifs is 1. The summed E-state index contributed by atoms with van der Waals surface area (Å²) in [7, 11) is 1.38. The second kappa shape index (κ2) is 9.12. The molecular formula is C25H16ClF3N4O3. The zero-order chi connectivity index (χ0) is 25.4. The topological polar surface area (TPSA) is 83.0 Å². The van der Waals surface area contributed by atoms with Gasteiger partial charge in [0.1, 0.15) is 17.1 Å². The molecule has 2 aromatic carbocycles. The van der Waals surface area contributed by atoms with Crippen molar-refractivity contribution < 1.29 is 27.1 Å². The number of nitrogens with zero attached hydrogens (tertiary/aromatic N) is 4. The summed E-state index contributed by atoms with van der Waals surface area (Å²) in [5.74, 6) is -1.46. The van der Waals surface area contributed by atoms with Gasteiger partial charge >= 0.3 is 6.18 Å². The van der Waals surface area contributed by atoms with Gasteiger partial charge in [0.15, 0.2) is 0 Å². The molecule has 0 amide bonds. The van der Waals surface area contributed by atoms with Crippen LogP contribution in [0.2, 0.25) is 5.02 Å². The number of pyridine rings is 1. The predicted molar refractivity (Wildman–Crippen MR) is 125 cm³/mol. The minimum Gasteiger partial charge on any atom is -0.497 e. The van der Waals surface area contributed by atoms with Crippen LogP contribution in [0.25, 0.3) is 22.5 Å². The van der Waals surface area contributed by atoms with Gasteiger partial charge in [0.05, 0.1) is 12.7 Å². The normalized spacial score (nSPS) is 11.7. The summed E-state index contributed by atoms with van der Waals surface area (Å²) in [6, 6.07) is 15.7. The third-order valence-corrected chi connectivity index (χ3v) is 5.78. The maximum atomic E-state index is 14.5. The zero-order valence-corrected chi connectivity index (χ0v) is 19.3. The van der Waals surface area contributed by atoms with Crippen molar-refractivity contribution in [3.05, 3.63) is 94.6 Å². The van der Waals surface area contributed by atoms with Crippen molar-refractivity contribution in [1.29, 1.82) is 0 Å². The molecule has 0 bridgehead atoms. The molecule has 7 nitrogen and oxygen atoms in total. The highest BCUT2D eigenvalue weighted by Crippen LogP contribution is 2.41. The highest BCUT2D eigenvalue weighted by molar-refractivity contribution is 6.30. The van der Waals surface area contributed by atoms with Crippen molar-refractivity contribution in [2.45, 2.75) is 12.7 Å². The van der Waals surface area contributed by atoms with Gasteiger partial charge in [0.2, 0.25) is 0 Å². The Balaban J connectivity index is 1.71. The van der Waals surface area contributed by atoms with E-state index in [-0.39, 0.29) is 34.8 Å². The summed E-state index contributed by atoms with van der Waals surface area (Å²) in [6.45, 7) is -0.162. The monoisotopic (exact) mass is 512 g/mol. The predicted octanol–water partition coefficient (Wildman–Crippen LogP) is 6.05. The standard InChI is InChI=1S/C25H16ClF3N4O3/c1-35-16-9-10-19-17(12-16)20(21(34)24-32-31-23(36-24)18-4-2-3-11-30-18)22(25(27,28)29)33(19)13-14-5-7-15(26)8-6-14/h2-12H,13H2,1H3. The summed E-state index contributed by atoms with van der Waals surface area (Å²) in [5.41, 5.74) is -0.713. The lowest BCUT2D eigenvalue weighted by molar-refractivity contribution is -0.143. The van der Waals surface area contributed by atoms with Gasteiger partial charge in [-0.15, -0.1) is 10.2 Å². The van der Waals surface area contributed by atoms with Crippen LogP contribution in [0.5, 0.6) is 5.75 Å². The van der Waals surface area contributed by atoms with E-state index in [2.05, 4.69) is 15.2 Å². The number of ketones is 1. The number of ether oxygens (including phenoxy) is 1. The van der Waals surface area contributed by atoms with Gasteiger partial charge in [-0.3, -0.25) is 9.78 Å². The Kier molecular flexibility index (Phi) is 5.97. The van der Waals surface area contributed by atoms with E-state index in [1.165, 1.54) is 31.5 Å². The zero-order valence-electron chi connectivity index (χ0n) is 18.6.